The van der Waals surface area contributed by atoms with E-state index >= 15 is 0 Å². The number of allylic oxidation sites excluding steroid dienone is 1. The minimum absolute atomic E-state index is 0.0691. The summed E-state index contributed by atoms with van der Waals surface area (Å²) in [6.45, 7) is 1.96. The summed E-state index contributed by atoms with van der Waals surface area (Å²) in [5.41, 5.74) is 0. The van der Waals surface area contributed by atoms with E-state index < -0.39 is 0 Å². The number of hydrogen-bond donors (Lipinski definition) is 1. The lowest BCUT2D eigenvalue weighted by Crippen LogP contribution is -2.33. The zero-order valence-electron chi connectivity index (χ0n) is 7.45. The molecule has 1 aliphatic heterocycles. The van der Waals surface area contributed by atoms with Crippen molar-refractivity contribution in [2.45, 2.75) is 37.8 Å². The van der Waals surface area contributed by atoms with Crippen molar-refractivity contribution in [1.82, 2.24) is 4.90 Å². The highest BCUT2D eigenvalue weighted by molar-refractivity contribution is 5.00. The van der Waals surface area contributed by atoms with Crippen LogP contribution in [0.2, 0.25) is 0 Å². The van der Waals surface area contributed by atoms with Crippen LogP contribution in [0, 0.1) is 0 Å². The molecule has 2 aliphatic rings. The summed E-state index contributed by atoms with van der Waals surface area (Å²) >= 11 is 0. The van der Waals surface area contributed by atoms with Crippen molar-refractivity contribution >= 4 is 0 Å². The molecule has 2 nitrogen and oxygen atoms in total. The highest BCUT2D eigenvalue weighted by atomic mass is 16.3. The number of nitrogens with zero attached hydrogens (tertiary/aromatic N) is 1. The summed E-state index contributed by atoms with van der Waals surface area (Å²) in [5, 5.41) is 9.36. The molecule has 0 aromatic heterocycles. The van der Waals surface area contributed by atoms with Gasteiger partial charge in [-0.2, -0.15) is 0 Å². The topological polar surface area (TPSA) is 23.5 Å². The number of aliphatic hydroxyl groups excluding tert-OH is 1. The van der Waals surface area contributed by atoms with Crippen molar-refractivity contribution in [3.63, 3.8) is 0 Å². The molecule has 2 rings (SSSR count). The van der Waals surface area contributed by atoms with Crippen LogP contribution in [-0.2, 0) is 0 Å². The monoisotopic (exact) mass is 167 g/mol. The van der Waals surface area contributed by atoms with Crippen LogP contribution in [0.25, 0.3) is 0 Å². The van der Waals surface area contributed by atoms with Crippen molar-refractivity contribution in [2.24, 2.45) is 0 Å². The summed E-state index contributed by atoms with van der Waals surface area (Å²) in [6, 6.07) is 0.621. The highest BCUT2D eigenvalue weighted by Gasteiger charge is 2.25. The zero-order chi connectivity index (χ0) is 8.39. The van der Waals surface area contributed by atoms with E-state index in [4.69, 9.17) is 0 Å². The van der Waals surface area contributed by atoms with Crippen molar-refractivity contribution < 1.29 is 5.11 Å². The maximum atomic E-state index is 9.36. The molecule has 12 heavy (non-hydrogen) atoms. The van der Waals surface area contributed by atoms with E-state index in [9.17, 15) is 5.11 Å². The van der Waals surface area contributed by atoms with Crippen LogP contribution in [0.1, 0.15) is 25.7 Å². The highest BCUT2D eigenvalue weighted by Crippen LogP contribution is 2.20. The minimum Gasteiger partial charge on any atom is -0.392 e. The van der Waals surface area contributed by atoms with Gasteiger partial charge in [0.2, 0.25) is 0 Å². The molecule has 1 unspecified atom stereocenters. The van der Waals surface area contributed by atoms with Crippen molar-refractivity contribution in [1.29, 1.82) is 0 Å². The largest absolute Gasteiger partial charge is 0.392 e. The summed E-state index contributed by atoms with van der Waals surface area (Å²) in [4.78, 5) is 2.40. The van der Waals surface area contributed by atoms with Crippen molar-refractivity contribution in [3.05, 3.63) is 12.2 Å². The maximum Gasteiger partial charge on any atom is 0.0679 e. The quantitative estimate of drug-likeness (QED) is 0.592. The van der Waals surface area contributed by atoms with E-state index in [2.05, 4.69) is 17.1 Å². The molecular weight excluding hydrogens is 150 g/mol. The molecule has 0 aromatic rings. The van der Waals surface area contributed by atoms with Crippen LogP contribution in [0.5, 0.6) is 0 Å². The van der Waals surface area contributed by atoms with Gasteiger partial charge in [0.1, 0.15) is 0 Å². The Balaban J connectivity index is 1.91. The van der Waals surface area contributed by atoms with E-state index in [-0.39, 0.29) is 6.10 Å². The normalized spacial score (nSPS) is 37.4. The molecule has 1 aliphatic carbocycles. The Morgan fingerprint density at radius 3 is 2.83 bits per heavy atom. The van der Waals surface area contributed by atoms with Gasteiger partial charge < -0.3 is 5.11 Å². The second-order valence-corrected chi connectivity index (χ2v) is 3.86. The lowest BCUT2D eigenvalue weighted by atomic mass is 10.0. The number of rotatable bonds is 1. The first kappa shape index (κ1) is 8.27. The van der Waals surface area contributed by atoms with Gasteiger partial charge in [-0.1, -0.05) is 12.2 Å². The molecule has 1 saturated heterocycles. The SMILES string of the molecule is O[C@@H]1CCN(C2C=CCCC2)C1. The van der Waals surface area contributed by atoms with Gasteiger partial charge in [-0.05, 0) is 25.7 Å². The molecule has 68 valence electrons. The average Bonchev–Trinajstić information content (AvgIpc) is 2.54. The predicted molar refractivity (Wildman–Crippen MR) is 49.0 cm³/mol. The molecule has 1 heterocycles. The molecule has 0 spiro atoms. The maximum absolute atomic E-state index is 9.36. The lowest BCUT2D eigenvalue weighted by molar-refractivity contribution is 0.164. The van der Waals surface area contributed by atoms with Crippen molar-refractivity contribution in [2.75, 3.05) is 13.1 Å². The first-order chi connectivity index (χ1) is 5.86. The van der Waals surface area contributed by atoms with E-state index in [1.54, 1.807) is 0 Å². The van der Waals surface area contributed by atoms with Crippen LogP contribution in [-0.4, -0.2) is 35.2 Å². The Morgan fingerprint density at radius 2 is 2.25 bits per heavy atom. The second kappa shape index (κ2) is 3.58. The summed E-state index contributed by atoms with van der Waals surface area (Å²) in [6.07, 6.45) is 9.31. The lowest BCUT2D eigenvalue weighted by Gasteiger charge is -2.26. The average molecular weight is 167 g/mol. The van der Waals surface area contributed by atoms with Gasteiger partial charge in [-0.15, -0.1) is 0 Å². The fourth-order valence-electron chi connectivity index (χ4n) is 2.17. The second-order valence-electron chi connectivity index (χ2n) is 3.86. The third-order valence-electron chi connectivity index (χ3n) is 2.89. The Bertz CT molecular complexity index is 179. The van der Waals surface area contributed by atoms with Gasteiger partial charge in [-0.25, -0.2) is 0 Å². The summed E-state index contributed by atoms with van der Waals surface area (Å²) in [7, 11) is 0. The summed E-state index contributed by atoms with van der Waals surface area (Å²) in [5.74, 6) is 0. The molecule has 0 bridgehead atoms. The van der Waals surface area contributed by atoms with Crippen LogP contribution in [0.15, 0.2) is 12.2 Å². The third kappa shape index (κ3) is 1.70. The molecule has 0 aromatic carbocycles. The molecule has 1 fully saturated rings. The van der Waals surface area contributed by atoms with Gasteiger partial charge in [0.25, 0.3) is 0 Å². The summed E-state index contributed by atoms with van der Waals surface area (Å²) < 4.78 is 0. The van der Waals surface area contributed by atoms with E-state index in [0.29, 0.717) is 6.04 Å². The van der Waals surface area contributed by atoms with E-state index in [1.807, 2.05) is 0 Å². The molecule has 1 N–H and O–H groups in total. The van der Waals surface area contributed by atoms with Crippen LogP contribution >= 0.6 is 0 Å². The molecule has 0 saturated carbocycles. The number of likely N-dealkylation sites (tertiary alicyclic amines) is 1. The molecule has 2 heteroatoms. The van der Waals surface area contributed by atoms with E-state index in [1.165, 1.54) is 19.3 Å². The Labute approximate surface area is 73.9 Å². The minimum atomic E-state index is -0.0691. The van der Waals surface area contributed by atoms with Gasteiger partial charge in [-0.3, -0.25) is 4.90 Å². The Hall–Kier alpha value is -0.340. The van der Waals surface area contributed by atoms with Gasteiger partial charge >= 0.3 is 0 Å². The standard InChI is InChI=1S/C10H17NO/c12-10-6-7-11(8-10)9-4-2-1-3-5-9/h2,4,9-10,12H,1,3,5-8H2/t9?,10-/m1/s1. The number of aliphatic hydroxyl groups is 1. The molecule has 0 amide bonds. The van der Waals surface area contributed by atoms with Crippen LogP contribution in [0.3, 0.4) is 0 Å². The fraction of sp³-hybridized carbons (Fsp3) is 0.800. The molecule has 2 atom stereocenters. The Morgan fingerprint density at radius 1 is 1.33 bits per heavy atom. The first-order valence-corrected chi connectivity index (χ1v) is 4.95. The first-order valence-electron chi connectivity index (χ1n) is 4.95. The third-order valence-corrected chi connectivity index (χ3v) is 2.89. The molecular formula is C10H17NO. The molecule has 0 radical (unpaired) electrons. The van der Waals surface area contributed by atoms with E-state index in [0.717, 1.165) is 19.5 Å². The van der Waals surface area contributed by atoms with Gasteiger partial charge in [0, 0.05) is 19.1 Å². The smallest absolute Gasteiger partial charge is 0.0679 e. The van der Waals surface area contributed by atoms with Crippen molar-refractivity contribution in [3.8, 4) is 0 Å². The number of β-amino-alcohol motifs (C(OH)–C–C–N with tert-alkyl or cyclic N) is 1. The van der Waals surface area contributed by atoms with Crippen LogP contribution < -0.4 is 0 Å². The van der Waals surface area contributed by atoms with Gasteiger partial charge in [0.15, 0.2) is 0 Å². The number of hydrogen-bond acceptors (Lipinski definition) is 2. The zero-order valence-corrected chi connectivity index (χ0v) is 7.45. The Kier molecular flexibility index (Phi) is 2.47. The fourth-order valence-corrected chi connectivity index (χ4v) is 2.17. The van der Waals surface area contributed by atoms with Gasteiger partial charge in [0.05, 0.1) is 6.10 Å². The van der Waals surface area contributed by atoms with Crippen LogP contribution in [0.4, 0.5) is 0 Å². The predicted octanol–water partition coefficient (Wildman–Crippen LogP) is 1.16.